The number of ether oxygens (including phenoxy) is 1. The number of hydrazone groups is 1. The van der Waals surface area contributed by atoms with Crippen molar-refractivity contribution in [2.75, 3.05) is 30.0 Å². The number of amides is 3. The lowest BCUT2D eigenvalue weighted by atomic mass is 10.1. The minimum Gasteiger partial charge on any atom is -0.497 e. The van der Waals surface area contributed by atoms with Gasteiger partial charge in [-0.2, -0.15) is 5.10 Å². The molecule has 0 radical (unpaired) electrons. The van der Waals surface area contributed by atoms with E-state index in [1.54, 1.807) is 55.6 Å². The van der Waals surface area contributed by atoms with Crippen LogP contribution in [0.15, 0.2) is 53.6 Å². The predicted molar refractivity (Wildman–Crippen MR) is 106 cm³/mol. The van der Waals surface area contributed by atoms with Crippen LogP contribution < -0.4 is 20.0 Å². The third-order valence-corrected chi connectivity index (χ3v) is 4.26. The van der Waals surface area contributed by atoms with Crippen LogP contribution >= 0.6 is 0 Å². The standard InChI is InChI=1S/C20H20N4O4/c1-14(25)23-13-20(27)24(18-6-4-3-5-17(18)23)12-19(26)22-21-11-15-7-9-16(28-2)10-8-15/h3-11H,12-13H2,1-2H3,(H,22,26). The van der Waals surface area contributed by atoms with Crippen molar-refractivity contribution in [1.82, 2.24) is 5.43 Å². The van der Waals surface area contributed by atoms with Crippen LogP contribution in [0.3, 0.4) is 0 Å². The summed E-state index contributed by atoms with van der Waals surface area (Å²) in [7, 11) is 1.58. The number of nitrogens with one attached hydrogen (secondary N) is 1. The Kier molecular flexibility index (Phi) is 5.69. The molecule has 0 bridgehead atoms. The summed E-state index contributed by atoms with van der Waals surface area (Å²) in [5.74, 6) is -0.274. The molecule has 0 unspecified atom stereocenters. The van der Waals surface area contributed by atoms with Crippen LogP contribution in [0.25, 0.3) is 0 Å². The Bertz CT molecular complexity index is 924. The summed E-state index contributed by atoms with van der Waals surface area (Å²) in [5, 5.41) is 3.92. The highest BCUT2D eigenvalue weighted by Gasteiger charge is 2.31. The van der Waals surface area contributed by atoms with Gasteiger partial charge in [-0.15, -0.1) is 0 Å². The quantitative estimate of drug-likeness (QED) is 0.629. The number of hydrogen-bond acceptors (Lipinski definition) is 5. The van der Waals surface area contributed by atoms with Gasteiger partial charge in [0.1, 0.15) is 18.8 Å². The van der Waals surface area contributed by atoms with Crippen molar-refractivity contribution in [3.05, 3.63) is 54.1 Å². The highest BCUT2D eigenvalue weighted by molar-refractivity contribution is 6.12. The topological polar surface area (TPSA) is 91.3 Å². The summed E-state index contributed by atoms with van der Waals surface area (Å²) < 4.78 is 5.08. The molecule has 0 saturated heterocycles. The van der Waals surface area contributed by atoms with E-state index in [0.717, 1.165) is 11.3 Å². The molecule has 3 amide bonds. The highest BCUT2D eigenvalue weighted by Crippen LogP contribution is 2.33. The Morgan fingerprint density at radius 1 is 1.14 bits per heavy atom. The highest BCUT2D eigenvalue weighted by atomic mass is 16.5. The SMILES string of the molecule is COc1ccc(C=NNC(=O)CN2C(=O)CN(C(C)=O)c3ccccc32)cc1. The monoisotopic (exact) mass is 380 g/mol. The molecule has 8 nitrogen and oxygen atoms in total. The second-order valence-corrected chi connectivity index (χ2v) is 6.14. The minimum absolute atomic E-state index is 0.102. The van der Waals surface area contributed by atoms with Crippen molar-refractivity contribution < 1.29 is 19.1 Å². The van der Waals surface area contributed by atoms with E-state index in [2.05, 4.69) is 10.5 Å². The van der Waals surface area contributed by atoms with Crippen LogP contribution in [0.4, 0.5) is 11.4 Å². The Balaban J connectivity index is 1.67. The number of nitrogens with zero attached hydrogens (tertiary/aromatic N) is 3. The molecule has 1 aliphatic heterocycles. The van der Waals surface area contributed by atoms with Crippen molar-refractivity contribution in [3.8, 4) is 5.75 Å². The molecule has 0 fully saturated rings. The molecule has 0 spiro atoms. The van der Waals surface area contributed by atoms with Gasteiger partial charge in [-0.3, -0.25) is 19.3 Å². The van der Waals surface area contributed by atoms with Crippen molar-refractivity contribution in [2.24, 2.45) is 5.10 Å². The van der Waals surface area contributed by atoms with Crippen LogP contribution in [-0.4, -0.2) is 44.1 Å². The third-order valence-electron chi connectivity index (χ3n) is 4.26. The number of carbonyl (C=O) groups excluding carboxylic acids is 3. The second kappa shape index (κ2) is 8.34. The van der Waals surface area contributed by atoms with Crippen LogP contribution in [0.2, 0.25) is 0 Å². The van der Waals surface area contributed by atoms with Gasteiger partial charge in [0.15, 0.2) is 0 Å². The molecule has 0 aliphatic carbocycles. The summed E-state index contributed by atoms with van der Waals surface area (Å²) in [6.45, 7) is 1.11. The number of hydrogen-bond donors (Lipinski definition) is 1. The summed E-state index contributed by atoms with van der Waals surface area (Å²) >= 11 is 0. The lowest BCUT2D eigenvalue weighted by Crippen LogP contribution is -2.50. The summed E-state index contributed by atoms with van der Waals surface area (Å²) in [6, 6.07) is 14.2. The van der Waals surface area contributed by atoms with Crippen LogP contribution in [0, 0.1) is 0 Å². The molecule has 3 rings (SSSR count). The minimum atomic E-state index is -0.441. The van der Waals surface area contributed by atoms with E-state index in [1.165, 1.54) is 22.9 Å². The molecule has 1 N–H and O–H groups in total. The van der Waals surface area contributed by atoms with Crippen molar-refractivity contribution in [3.63, 3.8) is 0 Å². The summed E-state index contributed by atoms with van der Waals surface area (Å²) in [5.41, 5.74) is 4.32. The largest absolute Gasteiger partial charge is 0.497 e. The summed E-state index contributed by atoms with van der Waals surface area (Å²) in [6.07, 6.45) is 1.50. The summed E-state index contributed by atoms with van der Waals surface area (Å²) in [4.78, 5) is 39.3. The maximum atomic E-state index is 12.5. The number of para-hydroxylation sites is 2. The molecule has 0 atom stereocenters. The van der Waals surface area contributed by atoms with Crippen molar-refractivity contribution in [1.29, 1.82) is 0 Å². The van der Waals surface area contributed by atoms with E-state index >= 15 is 0 Å². The second-order valence-electron chi connectivity index (χ2n) is 6.14. The number of benzene rings is 2. The molecular formula is C20H20N4O4. The van der Waals surface area contributed by atoms with E-state index < -0.39 is 5.91 Å². The number of rotatable bonds is 5. The molecule has 0 aromatic heterocycles. The molecule has 8 heteroatoms. The van der Waals surface area contributed by atoms with Gasteiger partial charge in [0.05, 0.1) is 24.7 Å². The zero-order valence-electron chi connectivity index (χ0n) is 15.6. The lowest BCUT2D eigenvalue weighted by Gasteiger charge is -2.35. The van der Waals surface area contributed by atoms with Gasteiger partial charge >= 0.3 is 0 Å². The van der Waals surface area contributed by atoms with Crippen LogP contribution in [0.1, 0.15) is 12.5 Å². The fourth-order valence-electron chi connectivity index (χ4n) is 2.86. The van der Waals surface area contributed by atoms with Crippen LogP contribution in [-0.2, 0) is 14.4 Å². The first-order valence-corrected chi connectivity index (χ1v) is 8.63. The first-order valence-electron chi connectivity index (χ1n) is 8.63. The molecule has 2 aromatic rings. The van der Waals surface area contributed by atoms with E-state index in [9.17, 15) is 14.4 Å². The maximum Gasteiger partial charge on any atom is 0.260 e. The average Bonchev–Trinajstić information content (AvgIpc) is 2.70. The van der Waals surface area contributed by atoms with Gasteiger partial charge in [-0.05, 0) is 42.0 Å². The van der Waals surface area contributed by atoms with Gasteiger partial charge in [-0.25, -0.2) is 5.43 Å². The number of methoxy groups -OCH3 is 1. The number of fused-ring (bicyclic) bond motifs is 1. The Labute approximate surface area is 162 Å². The van der Waals surface area contributed by atoms with E-state index in [-0.39, 0.29) is 24.9 Å². The molecule has 1 heterocycles. The van der Waals surface area contributed by atoms with Gasteiger partial charge in [0.25, 0.3) is 5.91 Å². The van der Waals surface area contributed by atoms with E-state index in [4.69, 9.17) is 4.74 Å². The van der Waals surface area contributed by atoms with Gasteiger partial charge in [0, 0.05) is 6.92 Å². The van der Waals surface area contributed by atoms with Crippen molar-refractivity contribution >= 4 is 35.3 Å². The molecule has 2 aromatic carbocycles. The third kappa shape index (κ3) is 4.17. The molecular weight excluding hydrogens is 360 g/mol. The average molecular weight is 380 g/mol. The van der Waals surface area contributed by atoms with E-state index in [1.807, 2.05) is 0 Å². The maximum absolute atomic E-state index is 12.5. The molecule has 1 aliphatic rings. The van der Waals surface area contributed by atoms with Crippen LogP contribution in [0.5, 0.6) is 5.75 Å². The smallest absolute Gasteiger partial charge is 0.260 e. The Morgan fingerprint density at radius 2 is 1.82 bits per heavy atom. The number of carbonyl (C=O) groups is 3. The van der Waals surface area contributed by atoms with Gasteiger partial charge in [-0.1, -0.05) is 12.1 Å². The number of anilines is 2. The fourth-order valence-corrected chi connectivity index (χ4v) is 2.86. The first-order chi connectivity index (χ1) is 13.5. The Morgan fingerprint density at radius 3 is 2.46 bits per heavy atom. The zero-order valence-corrected chi connectivity index (χ0v) is 15.6. The molecule has 144 valence electrons. The first kappa shape index (κ1) is 19.1. The van der Waals surface area contributed by atoms with Crippen molar-refractivity contribution in [2.45, 2.75) is 6.92 Å². The molecule has 28 heavy (non-hydrogen) atoms. The fraction of sp³-hybridized carbons (Fsp3) is 0.200. The van der Waals surface area contributed by atoms with Gasteiger partial charge < -0.3 is 9.64 Å². The van der Waals surface area contributed by atoms with Gasteiger partial charge in [0.2, 0.25) is 11.8 Å². The van der Waals surface area contributed by atoms with E-state index in [0.29, 0.717) is 11.4 Å². The lowest BCUT2D eigenvalue weighted by molar-refractivity contribution is -0.124. The Hall–Kier alpha value is -3.68. The predicted octanol–water partition coefficient (Wildman–Crippen LogP) is 1.54. The normalized spacial score (nSPS) is 13.4. The molecule has 0 saturated carbocycles. The zero-order chi connectivity index (χ0) is 20.1.